The molecule has 1 heterocycles. The predicted octanol–water partition coefficient (Wildman–Crippen LogP) is 5.31. The Labute approximate surface area is 149 Å². The van der Waals surface area contributed by atoms with Crippen molar-refractivity contribution in [3.05, 3.63) is 40.4 Å². The molecule has 24 heavy (non-hydrogen) atoms. The summed E-state index contributed by atoms with van der Waals surface area (Å²) >= 11 is 12.4. The van der Waals surface area contributed by atoms with Crippen LogP contribution in [0.2, 0.25) is 10.0 Å². The Morgan fingerprint density at radius 3 is 2.38 bits per heavy atom. The maximum absolute atomic E-state index is 6.18. The third kappa shape index (κ3) is 2.97. The number of methoxy groups -OCH3 is 1. The van der Waals surface area contributed by atoms with Crippen LogP contribution in [0, 0.1) is 0 Å². The molecule has 7 heteroatoms. The van der Waals surface area contributed by atoms with Gasteiger partial charge in [-0.15, -0.1) is 0 Å². The van der Waals surface area contributed by atoms with Gasteiger partial charge in [0.1, 0.15) is 5.75 Å². The van der Waals surface area contributed by atoms with E-state index in [1.807, 2.05) is 22.8 Å². The van der Waals surface area contributed by atoms with E-state index in [1.165, 1.54) is 0 Å². The number of rotatable bonds is 4. The lowest BCUT2D eigenvalue weighted by Gasteiger charge is -2.13. The minimum absolute atomic E-state index is 0.184. The summed E-state index contributed by atoms with van der Waals surface area (Å²) in [7, 11) is 1.60. The molecule has 2 aromatic carbocycles. The zero-order valence-corrected chi connectivity index (χ0v) is 15.0. The first-order valence-corrected chi connectivity index (χ1v) is 8.14. The molecule has 3 aromatic rings. The number of nitrogens with zero attached hydrogens (tertiary/aromatic N) is 2. The second-order valence-corrected chi connectivity index (χ2v) is 6.44. The van der Waals surface area contributed by atoms with Crippen LogP contribution in [-0.2, 0) is 0 Å². The highest BCUT2D eigenvalue weighted by atomic mass is 35.5. The molecule has 0 fully saturated rings. The number of anilines is 1. The highest BCUT2D eigenvalue weighted by molar-refractivity contribution is 6.37. The number of benzene rings is 2. The van der Waals surface area contributed by atoms with Gasteiger partial charge in [0.15, 0.2) is 5.75 Å². The summed E-state index contributed by atoms with van der Waals surface area (Å²) in [5.41, 5.74) is 7.93. The third-order valence-electron chi connectivity index (χ3n) is 3.57. The third-order valence-corrected chi connectivity index (χ3v) is 4.13. The first-order valence-electron chi connectivity index (χ1n) is 7.39. The Morgan fingerprint density at radius 1 is 1.12 bits per heavy atom. The molecule has 0 unspecified atom stereocenters. The van der Waals surface area contributed by atoms with Crippen LogP contribution in [0.4, 0.5) is 5.69 Å². The molecule has 5 nitrogen and oxygen atoms in total. The van der Waals surface area contributed by atoms with Crippen molar-refractivity contribution < 1.29 is 9.47 Å². The maximum atomic E-state index is 6.18. The second-order valence-electron chi connectivity index (χ2n) is 5.63. The van der Waals surface area contributed by atoms with Crippen molar-refractivity contribution >= 4 is 39.9 Å². The molecule has 2 N–H and O–H groups in total. The first-order chi connectivity index (χ1) is 11.4. The Balaban J connectivity index is 2.07. The lowest BCUT2D eigenvalue weighted by atomic mass is 10.2. The Kier molecular flexibility index (Phi) is 4.47. The number of aromatic nitrogens is 2. The molecule has 126 valence electrons. The van der Waals surface area contributed by atoms with Gasteiger partial charge in [0.25, 0.3) is 6.01 Å². The summed E-state index contributed by atoms with van der Waals surface area (Å²) in [6, 6.07) is 9.50. The van der Waals surface area contributed by atoms with Crippen molar-refractivity contribution in [2.24, 2.45) is 0 Å². The maximum Gasteiger partial charge on any atom is 0.297 e. The van der Waals surface area contributed by atoms with E-state index in [0.29, 0.717) is 33.2 Å². The standard InChI is InChI=1S/C17H17Cl2N3O2/c1-9(2)22-15-8-11(4-5-14(15)21-17(22)23-3)24-16-12(18)6-10(20)7-13(16)19/h4-9H,20H2,1-3H3. The Hall–Kier alpha value is -2.11. The summed E-state index contributed by atoms with van der Waals surface area (Å²) in [5, 5.41) is 0.713. The molecule has 3 rings (SSSR count). The summed E-state index contributed by atoms with van der Waals surface area (Å²) in [6.45, 7) is 4.12. The van der Waals surface area contributed by atoms with Crippen LogP contribution in [0.15, 0.2) is 30.3 Å². The fraction of sp³-hybridized carbons (Fsp3) is 0.235. The Bertz CT molecular complexity index is 883. The highest BCUT2D eigenvalue weighted by Gasteiger charge is 2.16. The van der Waals surface area contributed by atoms with Gasteiger partial charge < -0.3 is 15.2 Å². The molecule has 0 saturated heterocycles. The lowest BCUT2D eigenvalue weighted by molar-refractivity contribution is 0.350. The monoisotopic (exact) mass is 365 g/mol. The lowest BCUT2D eigenvalue weighted by Crippen LogP contribution is -2.03. The number of nitrogens with two attached hydrogens (primary N) is 1. The van der Waals surface area contributed by atoms with Gasteiger partial charge in [-0.25, -0.2) is 0 Å². The topological polar surface area (TPSA) is 62.3 Å². The number of hydrogen-bond donors (Lipinski definition) is 1. The molecule has 1 aromatic heterocycles. The zero-order valence-electron chi connectivity index (χ0n) is 13.5. The number of imidazole rings is 1. The number of fused-ring (bicyclic) bond motifs is 1. The quantitative estimate of drug-likeness (QED) is 0.636. The summed E-state index contributed by atoms with van der Waals surface area (Å²) in [6.07, 6.45) is 0. The smallest absolute Gasteiger partial charge is 0.297 e. The van der Waals surface area contributed by atoms with E-state index in [4.69, 9.17) is 38.4 Å². The van der Waals surface area contributed by atoms with Gasteiger partial charge in [-0.2, -0.15) is 4.98 Å². The number of halogens is 2. The molecular formula is C17H17Cl2N3O2. The average Bonchev–Trinajstić information content (AvgIpc) is 2.88. The van der Waals surface area contributed by atoms with Crippen molar-refractivity contribution in [3.8, 4) is 17.5 Å². The number of nitrogen functional groups attached to an aromatic ring is 1. The van der Waals surface area contributed by atoms with Gasteiger partial charge >= 0.3 is 0 Å². The molecule has 0 bridgehead atoms. The largest absolute Gasteiger partial charge is 0.468 e. The molecule has 0 atom stereocenters. The van der Waals surface area contributed by atoms with Gasteiger partial charge in [0.05, 0.1) is 28.2 Å². The van der Waals surface area contributed by atoms with Crippen molar-refractivity contribution in [2.45, 2.75) is 19.9 Å². The number of ether oxygens (including phenoxy) is 2. The van der Waals surface area contributed by atoms with Crippen molar-refractivity contribution in [3.63, 3.8) is 0 Å². The van der Waals surface area contributed by atoms with Crippen LogP contribution < -0.4 is 15.2 Å². The minimum atomic E-state index is 0.184. The van der Waals surface area contributed by atoms with Crippen LogP contribution in [0.25, 0.3) is 11.0 Å². The van der Waals surface area contributed by atoms with E-state index in [-0.39, 0.29) is 6.04 Å². The summed E-state index contributed by atoms with van der Waals surface area (Å²) < 4.78 is 13.2. The average molecular weight is 366 g/mol. The zero-order chi connectivity index (χ0) is 17.4. The SMILES string of the molecule is COc1nc2ccc(Oc3c(Cl)cc(N)cc3Cl)cc2n1C(C)C. The second kappa shape index (κ2) is 6.42. The molecule has 0 amide bonds. The van der Waals surface area contributed by atoms with Gasteiger partial charge in [0, 0.05) is 17.8 Å². The van der Waals surface area contributed by atoms with Crippen molar-refractivity contribution in [1.82, 2.24) is 9.55 Å². The van der Waals surface area contributed by atoms with Gasteiger partial charge in [-0.1, -0.05) is 23.2 Å². The van der Waals surface area contributed by atoms with E-state index in [9.17, 15) is 0 Å². The first kappa shape index (κ1) is 16.7. The van der Waals surface area contributed by atoms with E-state index in [2.05, 4.69) is 18.8 Å². The molecule has 0 aliphatic carbocycles. The molecule has 0 aliphatic rings. The van der Waals surface area contributed by atoms with Crippen LogP contribution in [0.5, 0.6) is 17.5 Å². The number of hydrogen-bond acceptors (Lipinski definition) is 4. The predicted molar refractivity (Wildman–Crippen MR) is 97.6 cm³/mol. The molecule has 0 aliphatic heterocycles. The van der Waals surface area contributed by atoms with Crippen molar-refractivity contribution in [1.29, 1.82) is 0 Å². The summed E-state index contributed by atoms with van der Waals surface area (Å²) in [5.74, 6) is 0.968. The highest BCUT2D eigenvalue weighted by Crippen LogP contribution is 2.39. The summed E-state index contributed by atoms with van der Waals surface area (Å²) in [4.78, 5) is 4.46. The fourth-order valence-corrected chi connectivity index (χ4v) is 3.13. The molecular weight excluding hydrogens is 349 g/mol. The molecule has 0 spiro atoms. The van der Waals surface area contributed by atoms with Crippen molar-refractivity contribution in [2.75, 3.05) is 12.8 Å². The normalized spacial score (nSPS) is 11.2. The van der Waals surface area contributed by atoms with Gasteiger partial charge in [-0.3, -0.25) is 4.57 Å². The van der Waals surface area contributed by atoms with Crippen LogP contribution >= 0.6 is 23.2 Å². The fourth-order valence-electron chi connectivity index (χ4n) is 2.55. The van der Waals surface area contributed by atoms with Crippen LogP contribution in [0.3, 0.4) is 0 Å². The van der Waals surface area contributed by atoms with E-state index in [1.54, 1.807) is 19.2 Å². The Morgan fingerprint density at radius 2 is 1.79 bits per heavy atom. The minimum Gasteiger partial charge on any atom is -0.468 e. The van der Waals surface area contributed by atoms with E-state index >= 15 is 0 Å². The molecule has 0 radical (unpaired) electrons. The van der Waals surface area contributed by atoms with Gasteiger partial charge in [-0.05, 0) is 38.1 Å². The van der Waals surface area contributed by atoms with E-state index in [0.717, 1.165) is 11.0 Å². The van der Waals surface area contributed by atoms with Crippen LogP contribution in [0.1, 0.15) is 19.9 Å². The van der Waals surface area contributed by atoms with Gasteiger partial charge in [0.2, 0.25) is 0 Å². The van der Waals surface area contributed by atoms with Crippen LogP contribution in [-0.4, -0.2) is 16.7 Å². The molecule has 0 saturated carbocycles. The van der Waals surface area contributed by atoms with E-state index < -0.39 is 0 Å².